The Balaban J connectivity index is 2.23. The molecular weight excluding hydrogens is 227 g/mol. The third kappa shape index (κ3) is 2.44. The van der Waals surface area contributed by atoms with Crippen LogP contribution in [0.4, 0.5) is 4.39 Å². The van der Waals surface area contributed by atoms with Crippen LogP contribution >= 0.6 is 0 Å². The van der Waals surface area contributed by atoms with Crippen molar-refractivity contribution < 1.29 is 13.9 Å². The van der Waals surface area contributed by atoms with E-state index in [2.05, 4.69) is 15.2 Å². The minimum absolute atomic E-state index is 0.0937. The van der Waals surface area contributed by atoms with Crippen molar-refractivity contribution in [3.8, 4) is 5.69 Å². The number of hydrogen-bond donors (Lipinski definition) is 0. The van der Waals surface area contributed by atoms with Gasteiger partial charge in [-0.3, -0.25) is 0 Å². The van der Waals surface area contributed by atoms with Gasteiger partial charge in [-0.15, -0.1) is 9.90 Å². The fourth-order valence-corrected chi connectivity index (χ4v) is 1.17. The van der Waals surface area contributed by atoms with E-state index in [1.807, 2.05) is 0 Å². The molecule has 0 N–H and O–H groups in total. The number of aromatic nitrogens is 4. The Hall–Kier alpha value is -2.31. The quantitative estimate of drug-likeness (QED) is 0.586. The Labute approximate surface area is 96.0 Å². The minimum Gasteiger partial charge on any atom is -0.461 e. The van der Waals surface area contributed by atoms with Crippen molar-refractivity contribution >= 4 is 5.97 Å². The second-order valence-electron chi connectivity index (χ2n) is 3.08. The third-order valence-corrected chi connectivity index (χ3v) is 1.92. The highest BCUT2D eigenvalue weighted by atomic mass is 19.1. The summed E-state index contributed by atoms with van der Waals surface area (Å²) in [6.45, 7) is 1.97. The maximum Gasteiger partial charge on any atom is 0.360 e. The molecule has 0 radical (unpaired) electrons. The van der Waals surface area contributed by atoms with Crippen LogP contribution in [-0.2, 0) is 4.74 Å². The summed E-state index contributed by atoms with van der Waals surface area (Å²) >= 11 is 0. The van der Waals surface area contributed by atoms with Crippen LogP contribution in [0.3, 0.4) is 0 Å². The summed E-state index contributed by atoms with van der Waals surface area (Å²) in [5.74, 6) is -1.14. The predicted octanol–water partition coefficient (Wildman–Crippen LogP) is 0.978. The monoisotopic (exact) mass is 236 g/mol. The molecule has 0 aliphatic heterocycles. The molecule has 0 aliphatic rings. The van der Waals surface area contributed by atoms with E-state index in [0.29, 0.717) is 5.69 Å². The molecule has 2 aromatic heterocycles. The summed E-state index contributed by atoms with van der Waals surface area (Å²) in [5.41, 5.74) is 0.554. The van der Waals surface area contributed by atoms with Crippen molar-refractivity contribution in [1.29, 1.82) is 0 Å². The lowest BCUT2D eigenvalue weighted by Gasteiger charge is -1.98. The van der Waals surface area contributed by atoms with E-state index in [1.54, 1.807) is 6.92 Å². The van der Waals surface area contributed by atoms with Gasteiger partial charge in [-0.25, -0.2) is 9.78 Å². The van der Waals surface area contributed by atoms with Crippen molar-refractivity contribution in [2.75, 3.05) is 6.61 Å². The third-order valence-electron chi connectivity index (χ3n) is 1.92. The lowest BCUT2D eigenvalue weighted by molar-refractivity contribution is 0.0519. The molecule has 2 rings (SSSR count). The lowest BCUT2D eigenvalue weighted by Crippen LogP contribution is -2.07. The van der Waals surface area contributed by atoms with E-state index >= 15 is 0 Å². The van der Waals surface area contributed by atoms with Crippen LogP contribution in [0, 0.1) is 5.95 Å². The molecule has 0 aliphatic carbocycles. The number of hydrogen-bond acceptors (Lipinski definition) is 5. The zero-order valence-electron chi connectivity index (χ0n) is 9.00. The van der Waals surface area contributed by atoms with Gasteiger partial charge in [-0.05, 0) is 19.1 Å². The molecular formula is C10H9FN4O2. The molecule has 0 spiro atoms. The molecule has 0 saturated heterocycles. The summed E-state index contributed by atoms with van der Waals surface area (Å²) in [5, 5.41) is 7.76. The standard InChI is InChI=1S/C10H9FN4O2/c1-2-17-10(16)8-6-13-15(14-8)7-3-4-9(11)12-5-7/h3-6H,2H2,1H3. The Morgan fingerprint density at radius 2 is 2.29 bits per heavy atom. The lowest BCUT2D eigenvalue weighted by atomic mass is 10.4. The molecule has 0 unspecified atom stereocenters. The first kappa shape index (κ1) is 11.2. The van der Waals surface area contributed by atoms with Crippen LogP contribution in [0.25, 0.3) is 5.69 Å². The SMILES string of the molecule is CCOC(=O)c1cnn(-c2ccc(F)nc2)n1. The number of halogens is 1. The highest BCUT2D eigenvalue weighted by Gasteiger charge is 2.12. The molecule has 2 aromatic rings. The first-order valence-electron chi connectivity index (χ1n) is 4.92. The molecule has 0 amide bonds. The number of rotatable bonds is 3. The summed E-state index contributed by atoms with van der Waals surface area (Å²) in [4.78, 5) is 16.0. The smallest absolute Gasteiger partial charge is 0.360 e. The van der Waals surface area contributed by atoms with E-state index in [-0.39, 0.29) is 12.3 Å². The van der Waals surface area contributed by atoms with Gasteiger partial charge >= 0.3 is 5.97 Å². The Kier molecular flexibility index (Phi) is 3.08. The van der Waals surface area contributed by atoms with Gasteiger partial charge in [0.05, 0.1) is 19.0 Å². The molecule has 0 atom stereocenters. The maximum absolute atomic E-state index is 12.6. The molecule has 17 heavy (non-hydrogen) atoms. The molecule has 0 bridgehead atoms. The maximum atomic E-state index is 12.6. The highest BCUT2D eigenvalue weighted by molar-refractivity contribution is 5.86. The van der Waals surface area contributed by atoms with Gasteiger partial charge < -0.3 is 4.74 Å². The average Bonchev–Trinajstić information content (AvgIpc) is 2.80. The summed E-state index contributed by atoms with van der Waals surface area (Å²) in [6, 6.07) is 2.64. The number of pyridine rings is 1. The predicted molar refractivity (Wildman–Crippen MR) is 55.1 cm³/mol. The van der Waals surface area contributed by atoms with E-state index in [4.69, 9.17) is 4.74 Å². The number of esters is 1. The van der Waals surface area contributed by atoms with Crippen molar-refractivity contribution in [3.63, 3.8) is 0 Å². The van der Waals surface area contributed by atoms with Gasteiger partial charge in [0.15, 0.2) is 5.69 Å². The zero-order valence-corrected chi connectivity index (χ0v) is 9.00. The average molecular weight is 236 g/mol. The Bertz CT molecular complexity index is 523. The van der Waals surface area contributed by atoms with Gasteiger partial charge in [-0.2, -0.15) is 9.49 Å². The zero-order chi connectivity index (χ0) is 12.3. The summed E-state index contributed by atoms with van der Waals surface area (Å²) in [6.07, 6.45) is 2.55. The largest absolute Gasteiger partial charge is 0.461 e. The molecule has 6 nitrogen and oxygen atoms in total. The fourth-order valence-electron chi connectivity index (χ4n) is 1.17. The van der Waals surface area contributed by atoms with Crippen LogP contribution in [0.1, 0.15) is 17.4 Å². The number of carbonyl (C=O) groups excluding carboxylic acids is 1. The summed E-state index contributed by atoms with van der Waals surface area (Å²) in [7, 11) is 0. The molecule has 0 fully saturated rings. The second-order valence-corrected chi connectivity index (χ2v) is 3.08. The van der Waals surface area contributed by atoms with Crippen molar-refractivity contribution in [2.24, 2.45) is 0 Å². The fraction of sp³-hybridized carbons (Fsp3) is 0.200. The van der Waals surface area contributed by atoms with Crippen molar-refractivity contribution in [1.82, 2.24) is 20.0 Å². The first-order chi connectivity index (χ1) is 8.20. The van der Waals surface area contributed by atoms with Crippen LogP contribution in [0.2, 0.25) is 0 Å². The highest BCUT2D eigenvalue weighted by Crippen LogP contribution is 2.05. The van der Waals surface area contributed by atoms with Gasteiger partial charge in [-0.1, -0.05) is 0 Å². The van der Waals surface area contributed by atoms with Gasteiger partial charge in [0.1, 0.15) is 5.69 Å². The van der Waals surface area contributed by atoms with Crippen LogP contribution < -0.4 is 0 Å². The number of carbonyl (C=O) groups is 1. The Morgan fingerprint density at radius 3 is 2.94 bits per heavy atom. The van der Waals surface area contributed by atoms with Crippen LogP contribution in [0.15, 0.2) is 24.5 Å². The van der Waals surface area contributed by atoms with Crippen LogP contribution in [0.5, 0.6) is 0 Å². The number of nitrogens with zero attached hydrogens (tertiary/aromatic N) is 4. The van der Waals surface area contributed by atoms with Gasteiger partial charge in [0, 0.05) is 0 Å². The van der Waals surface area contributed by atoms with Crippen LogP contribution in [-0.4, -0.2) is 32.6 Å². The normalized spacial score (nSPS) is 10.2. The van der Waals surface area contributed by atoms with E-state index in [9.17, 15) is 9.18 Å². The molecule has 0 aromatic carbocycles. The number of ether oxygens (including phenoxy) is 1. The molecule has 7 heteroatoms. The first-order valence-corrected chi connectivity index (χ1v) is 4.92. The summed E-state index contributed by atoms with van der Waals surface area (Å²) < 4.78 is 17.4. The minimum atomic E-state index is -0.591. The van der Waals surface area contributed by atoms with E-state index in [0.717, 1.165) is 0 Å². The van der Waals surface area contributed by atoms with Crippen molar-refractivity contribution in [3.05, 3.63) is 36.2 Å². The molecule has 88 valence electrons. The van der Waals surface area contributed by atoms with E-state index < -0.39 is 11.9 Å². The van der Waals surface area contributed by atoms with Crippen molar-refractivity contribution in [2.45, 2.75) is 6.92 Å². The molecule has 0 saturated carbocycles. The topological polar surface area (TPSA) is 69.9 Å². The van der Waals surface area contributed by atoms with Gasteiger partial charge in [0.2, 0.25) is 5.95 Å². The second kappa shape index (κ2) is 4.69. The van der Waals surface area contributed by atoms with E-state index in [1.165, 1.54) is 29.3 Å². The molecule has 2 heterocycles. The Morgan fingerprint density at radius 1 is 1.47 bits per heavy atom. The van der Waals surface area contributed by atoms with Gasteiger partial charge in [0.25, 0.3) is 0 Å².